The summed E-state index contributed by atoms with van der Waals surface area (Å²) in [5, 5.41) is 10.8. The molecule has 0 unspecified atom stereocenters. The summed E-state index contributed by atoms with van der Waals surface area (Å²) in [6.45, 7) is 3.13. The van der Waals surface area contributed by atoms with E-state index in [1.807, 2.05) is 18.4 Å². The number of nitrogens with zero attached hydrogens (tertiary/aromatic N) is 1. The van der Waals surface area contributed by atoms with E-state index in [0.717, 1.165) is 17.1 Å². The summed E-state index contributed by atoms with van der Waals surface area (Å²) in [7, 11) is 0. The Hall–Kier alpha value is -2.03. The van der Waals surface area contributed by atoms with E-state index in [1.54, 1.807) is 28.7 Å². The summed E-state index contributed by atoms with van der Waals surface area (Å²) in [5.74, 6) is -0.0542. The quantitative estimate of drug-likeness (QED) is 0.513. The molecule has 3 heterocycles. The van der Waals surface area contributed by atoms with E-state index in [2.05, 4.69) is 33.1 Å². The van der Waals surface area contributed by atoms with Gasteiger partial charge in [0, 0.05) is 29.8 Å². The molecule has 2 amide bonds. The molecule has 0 aliphatic carbocycles. The first-order chi connectivity index (χ1) is 13.1. The van der Waals surface area contributed by atoms with Crippen LogP contribution in [0.3, 0.4) is 0 Å². The minimum atomic E-state index is -0.0748. The number of carbonyl (C=O) groups excluding carboxylic acids is 2. The third-order valence-corrected chi connectivity index (χ3v) is 6.65. The first-order valence-corrected chi connectivity index (χ1v) is 11.3. The van der Waals surface area contributed by atoms with Gasteiger partial charge in [0.2, 0.25) is 5.91 Å². The highest BCUT2D eigenvalue weighted by Crippen LogP contribution is 2.29. The van der Waals surface area contributed by atoms with Crippen LogP contribution in [-0.4, -0.2) is 29.9 Å². The molecule has 0 aliphatic heterocycles. The van der Waals surface area contributed by atoms with Crippen LogP contribution in [0.15, 0.2) is 35.0 Å². The van der Waals surface area contributed by atoms with Crippen molar-refractivity contribution < 1.29 is 9.59 Å². The van der Waals surface area contributed by atoms with Gasteiger partial charge >= 0.3 is 0 Å². The van der Waals surface area contributed by atoms with Gasteiger partial charge in [0.05, 0.1) is 20.5 Å². The molecule has 5 nitrogen and oxygen atoms in total. The first-order valence-electron chi connectivity index (χ1n) is 8.71. The maximum atomic E-state index is 11.9. The highest BCUT2D eigenvalue weighted by molar-refractivity contribution is 7.16. The molecule has 0 radical (unpaired) electrons. The normalized spacial score (nSPS) is 10.7. The molecule has 0 saturated heterocycles. The van der Waals surface area contributed by atoms with Crippen molar-refractivity contribution in [2.45, 2.75) is 26.2 Å². The average molecular weight is 420 g/mol. The molecule has 0 spiro atoms. The summed E-state index contributed by atoms with van der Waals surface area (Å²) in [6.07, 6.45) is 1.86. The Morgan fingerprint density at radius 1 is 1.11 bits per heavy atom. The molecule has 8 heteroatoms. The van der Waals surface area contributed by atoms with E-state index in [-0.39, 0.29) is 11.8 Å². The standard InChI is InChI=1S/C19H21N3O2S3/c1-13-22-15(12-26-13)16-7-6-14(27-16)8-10-20-18(23)5-2-9-21-19(24)17-4-3-11-25-17/h3-4,6-7,11-12H,2,5,8-10H2,1H3,(H,20,23)(H,21,24). The van der Waals surface area contributed by atoms with Crippen LogP contribution in [0.25, 0.3) is 10.6 Å². The summed E-state index contributed by atoms with van der Waals surface area (Å²) in [5.41, 5.74) is 1.03. The van der Waals surface area contributed by atoms with E-state index in [0.29, 0.717) is 30.8 Å². The number of rotatable bonds is 9. The number of hydrogen-bond donors (Lipinski definition) is 2. The lowest BCUT2D eigenvalue weighted by atomic mass is 10.2. The maximum Gasteiger partial charge on any atom is 0.261 e. The second-order valence-electron chi connectivity index (χ2n) is 5.95. The molecule has 0 bridgehead atoms. The fourth-order valence-electron chi connectivity index (χ4n) is 2.49. The van der Waals surface area contributed by atoms with Crippen LogP contribution in [-0.2, 0) is 11.2 Å². The van der Waals surface area contributed by atoms with Crippen LogP contribution in [0.2, 0.25) is 0 Å². The van der Waals surface area contributed by atoms with Crippen molar-refractivity contribution in [2.24, 2.45) is 0 Å². The van der Waals surface area contributed by atoms with E-state index in [1.165, 1.54) is 21.1 Å². The number of aromatic nitrogens is 1. The molecule has 3 rings (SSSR count). The molecular weight excluding hydrogens is 398 g/mol. The number of thiophene rings is 2. The Morgan fingerprint density at radius 3 is 2.74 bits per heavy atom. The van der Waals surface area contributed by atoms with Crippen molar-refractivity contribution in [2.75, 3.05) is 13.1 Å². The van der Waals surface area contributed by atoms with Crippen molar-refractivity contribution in [3.05, 3.63) is 49.8 Å². The van der Waals surface area contributed by atoms with Crippen molar-refractivity contribution in [3.63, 3.8) is 0 Å². The topological polar surface area (TPSA) is 71.1 Å². The van der Waals surface area contributed by atoms with E-state index >= 15 is 0 Å². The summed E-state index contributed by atoms with van der Waals surface area (Å²) < 4.78 is 0. The molecule has 0 atom stereocenters. The lowest BCUT2D eigenvalue weighted by Gasteiger charge is -2.05. The van der Waals surface area contributed by atoms with Crippen LogP contribution < -0.4 is 10.6 Å². The number of aryl methyl sites for hydroxylation is 1. The summed E-state index contributed by atoms with van der Waals surface area (Å²) in [6, 6.07) is 7.83. The zero-order valence-electron chi connectivity index (χ0n) is 15.0. The lowest BCUT2D eigenvalue weighted by Crippen LogP contribution is -2.28. The van der Waals surface area contributed by atoms with Crippen molar-refractivity contribution in [1.82, 2.24) is 15.6 Å². The average Bonchev–Trinajstić information content (AvgIpc) is 3.39. The Bertz CT molecular complexity index is 884. The second kappa shape index (κ2) is 9.77. The van der Waals surface area contributed by atoms with Crippen molar-refractivity contribution in [3.8, 4) is 10.6 Å². The molecule has 3 aromatic rings. The van der Waals surface area contributed by atoms with Crippen LogP contribution in [0.5, 0.6) is 0 Å². The number of nitrogens with one attached hydrogen (secondary N) is 2. The van der Waals surface area contributed by atoms with Gasteiger partial charge in [-0.3, -0.25) is 9.59 Å². The van der Waals surface area contributed by atoms with Gasteiger partial charge in [-0.1, -0.05) is 6.07 Å². The highest BCUT2D eigenvalue weighted by Gasteiger charge is 2.08. The predicted octanol–water partition coefficient (Wildman–Crippen LogP) is 4.11. The molecule has 3 aromatic heterocycles. The third-order valence-electron chi connectivity index (χ3n) is 3.84. The zero-order chi connectivity index (χ0) is 19.1. The number of hydrogen-bond acceptors (Lipinski definition) is 6. The molecule has 142 valence electrons. The number of thiazole rings is 1. The van der Waals surface area contributed by atoms with E-state index in [9.17, 15) is 9.59 Å². The molecule has 2 N–H and O–H groups in total. The smallest absolute Gasteiger partial charge is 0.261 e. The Kier molecular flexibility index (Phi) is 7.14. The van der Waals surface area contributed by atoms with Gasteiger partial charge in [-0.2, -0.15) is 0 Å². The van der Waals surface area contributed by atoms with Gasteiger partial charge in [0.1, 0.15) is 0 Å². The number of amides is 2. The third kappa shape index (κ3) is 5.98. The van der Waals surface area contributed by atoms with Gasteiger partial charge in [-0.25, -0.2) is 4.98 Å². The van der Waals surface area contributed by atoms with Gasteiger partial charge in [-0.05, 0) is 43.3 Å². The van der Waals surface area contributed by atoms with Gasteiger partial charge in [0.25, 0.3) is 5.91 Å². The predicted molar refractivity (Wildman–Crippen MR) is 113 cm³/mol. The van der Waals surface area contributed by atoms with Crippen LogP contribution in [0, 0.1) is 6.92 Å². The monoisotopic (exact) mass is 419 g/mol. The zero-order valence-corrected chi connectivity index (χ0v) is 17.4. The highest BCUT2D eigenvalue weighted by atomic mass is 32.1. The first kappa shape index (κ1) is 19.7. The minimum Gasteiger partial charge on any atom is -0.356 e. The maximum absolute atomic E-state index is 11.9. The Morgan fingerprint density at radius 2 is 2.00 bits per heavy atom. The summed E-state index contributed by atoms with van der Waals surface area (Å²) >= 11 is 4.79. The molecule has 0 fully saturated rings. The van der Waals surface area contributed by atoms with Crippen LogP contribution >= 0.6 is 34.0 Å². The van der Waals surface area contributed by atoms with Crippen molar-refractivity contribution >= 4 is 45.8 Å². The molecule has 0 aliphatic rings. The summed E-state index contributed by atoms with van der Waals surface area (Å²) in [4.78, 5) is 31.3. The van der Waals surface area contributed by atoms with Gasteiger partial charge in [-0.15, -0.1) is 34.0 Å². The van der Waals surface area contributed by atoms with Crippen molar-refractivity contribution in [1.29, 1.82) is 0 Å². The van der Waals surface area contributed by atoms with Gasteiger partial charge < -0.3 is 10.6 Å². The largest absolute Gasteiger partial charge is 0.356 e. The van der Waals surface area contributed by atoms with E-state index in [4.69, 9.17) is 0 Å². The molecular formula is C19H21N3O2S3. The Balaban J connectivity index is 1.30. The van der Waals surface area contributed by atoms with E-state index < -0.39 is 0 Å². The molecule has 27 heavy (non-hydrogen) atoms. The molecule has 0 aromatic carbocycles. The second-order valence-corrected chi connectivity index (χ2v) is 9.13. The SMILES string of the molecule is Cc1nc(-c2ccc(CCNC(=O)CCCNC(=O)c3cccs3)s2)cs1. The minimum absolute atomic E-state index is 0.0206. The fraction of sp³-hybridized carbons (Fsp3) is 0.316. The fourth-order valence-corrected chi connectivity index (χ4v) is 4.78. The molecule has 0 saturated carbocycles. The van der Waals surface area contributed by atoms with Crippen LogP contribution in [0.1, 0.15) is 32.4 Å². The lowest BCUT2D eigenvalue weighted by molar-refractivity contribution is -0.121. The van der Waals surface area contributed by atoms with Gasteiger partial charge in [0.15, 0.2) is 0 Å². The van der Waals surface area contributed by atoms with Crippen LogP contribution in [0.4, 0.5) is 0 Å². The Labute approximate surface area is 170 Å². The number of carbonyl (C=O) groups is 2.